The number of nitro groups is 1. The molecule has 1 N–H and O–H groups in total. The van der Waals surface area contributed by atoms with E-state index in [0.29, 0.717) is 0 Å². The van der Waals surface area contributed by atoms with E-state index in [1.807, 2.05) is 24.3 Å². The summed E-state index contributed by atoms with van der Waals surface area (Å²) in [6, 6.07) is 20.2. The number of rotatable bonds is 11. The molecule has 0 spiro atoms. The van der Waals surface area contributed by atoms with Gasteiger partial charge in [-0.25, -0.2) is 13.8 Å². The Morgan fingerprint density at radius 3 is 2.08 bits per heavy atom. The van der Waals surface area contributed by atoms with E-state index in [4.69, 9.17) is 0 Å². The Kier molecular flexibility index (Phi) is 8.74. The summed E-state index contributed by atoms with van der Waals surface area (Å²) in [7, 11) is -4.13. The molecule has 0 radical (unpaired) electrons. The van der Waals surface area contributed by atoms with E-state index >= 15 is 0 Å². The van der Waals surface area contributed by atoms with Crippen LogP contribution in [0.3, 0.4) is 0 Å². The number of hydrogen-bond acceptors (Lipinski definition) is 7. The Morgan fingerprint density at radius 1 is 0.944 bits per heavy atom. The Morgan fingerprint density at radius 2 is 1.53 bits per heavy atom. The molecule has 36 heavy (non-hydrogen) atoms. The van der Waals surface area contributed by atoms with Crippen molar-refractivity contribution in [3.63, 3.8) is 0 Å². The number of carbonyl (C=O) groups is 1. The van der Waals surface area contributed by atoms with E-state index in [-0.39, 0.29) is 16.3 Å². The van der Waals surface area contributed by atoms with E-state index in [0.717, 1.165) is 28.6 Å². The highest BCUT2D eigenvalue weighted by atomic mass is 32.2. The lowest BCUT2D eigenvalue weighted by atomic mass is 10.2. The lowest BCUT2D eigenvalue weighted by Crippen LogP contribution is -2.39. The predicted molar refractivity (Wildman–Crippen MR) is 140 cm³/mol. The van der Waals surface area contributed by atoms with Crippen molar-refractivity contribution in [3.05, 3.63) is 94.5 Å². The molecule has 3 rings (SSSR count). The number of carbonyl (C=O) groups excluding carboxylic acids is 1. The van der Waals surface area contributed by atoms with Crippen LogP contribution in [0, 0.1) is 10.1 Å². The zero-order chi connectivity index (χ0) is 26.1. The molecular weight excluding hydrogens is 482 g/mol. The average Bonchev–Trinajstić information content (AvgIpc) is 2.89. The molecule has 0 aliphatic carbocycles. The molecule has 0 aliphatic rings. The number of amides is 1. The second-order valence-corrected chi connectivity index (χ2v) is 9.52. The number of sulfonamides is 1. The summed E-state index contributed by atoms with van der Waals surface area (Å²) < 4.78 is 27.5. The van der Waals surface area contributed by atoms with Crippen LogP contribution in [0.2, 0.25) is 0 Å². The number of nitro benzene ring substituents is 1. The molecule has 0 saturated carbocycles. The fraction of sp³-hybridized carbons (Fsp3) is 0.200. The fourth-order valence-corrected chi connectivity index (χ4v) is 4.92. The van der Waals surface area contributed by atoms with E-state index in [9.17, 15) is 23.3 Å². The molecule has 0 aliphatic heterocycles. The number of nitrogens with one attached hydrogen (secondary N) is 1. The molecule has 3 aromatic rings. The molecule has 3 aromatic carbocycles. The molecule has 0 atom stereocenters. The quantitative estimate of drug-likeness (QED) is 0.238. The molecule has 0 unspecified atom stereocenters. The maximum atomic E-state index is 13.3. The van der Waals surface area contributed by atoms with Crippen LogP contribution < -0.4 is 14.6 Å². The molecule has 0 aromatic heterocycles. The standard InChI is InChI=1S/C25H27N5O5S/c1-3-28(4-2)21-12-10-20(11-13-21)18-26-27-25(31)19-29(22-14-16-23(17-15-22)30(32)33)36(34,35)24-8-6-5-7-9-24/h5-18H,3-4,19H2,1-2H3,(H,27,31)/b26-18-. The van der Waals surface area contributed by atoms with Gasteiger partial charge in [0.05, 0.1) is 21.7 Å². The first kappa shape index (κ1) is 26.4. The lowest BCUT2D eigenvalue weighted by Gasteiger charge is -2.23. The number of anilines is 2. The van der Waals surface area contributed by atoms with Crippen molar-refractivity contribution in [2.75, 3.05) is 28.8 Å². The van der Waals surface area contributed by atoms with Gasteiger partial charge < -0.3 is 4.90 Å². The monoisotopic (exact) mass is 509 g/mol. The first-order valence-corrected chi connectivity index (χ1v) is 12.7. The minimum atomic E-state index is -4.13. The molecule has 188 valence electrons. The molecule has 0 bridgehead atoms. The van der Waals surface area contributed by atoms with Gasteiger partial charge in [-0.15, -0.1) is 0 Å². The van der Waals surface area contributed by atoms with Crippen molar-refractivity contribution in [1.82, 2.24) is 5.43 Å². The number of non-ortho nitro benzene ring substituents is 1. The highest BCUT2D eigenvalue weighted by molar-refractivity contribution is 7.92. The fourth-order valence-electron chi connectivity index (χ4n) is 3.48. The normalized spacial score (nSPS) is 11.3. The number of nitrogens with zero attached hydrogens (tertiary/aromatic N) is 4. The molecule has 1 amide bonds. The van der Waals surface area contributed by atoms with E-state index in [1.165, 1.54) is 42.6 Å². The first-order valence-electron chi connectivity index (χ1n) is 11.3. The Bertz CT molecular complexity index is 1310. The number of benzene rings is 3. The third-order valence-corrected chi connectivity index (χ3v) is 7.18. The smallest absolute Gasteiger partial charge is 0.269 e. The van der Waals surface area contributed by atoms with Crippen LogP contribution in [0.25, 0.3) is 0 Å². The molecular formula is C25H27N5O5S. The van der Waals surface area contributed by atoms with E-state index in [2.05, 4.69) is 29.3 Å². The van der Waals surface area contributed by atoms with Crippen molar-refractivity contribution in [3.8, 4) is 0 Å². The van der Waals surface area contributed by atoms with Crippen LogP contribution in [-0.2, 0) is 14.8 Å². The Hall–Kier alpha value is -4.25. The van der Waals surface area contributed by atoms with Crippen LogP contribution in [0.15, 0.2) is 88.9 Å². The van der Waals surface area contributed by atoms with Gasteiger partial charge in [0, 0.05) is 30.9 Å². The third-order valence-electron chi connectivity index (χ3n) is 5.39. The largest absolute Gasteiger partial charge is 0.372 e. The van der Waals surface area contributed by atoms with Crippen molar-refractivity contribution >= 4 is 39.2 Å². The zero-order valence-corrected chi connectivity index (χ0v) is 20.8. The van der Waals surface area contributed by atoms with Crippen molar-refractivity contribution in [2.24, 2.45) is 5.10 Å². The van der Waals surface area contributed by atoms with Gasteiger partial charge in [-0.3, -0.25) is 19.2 Å². The topological polar surface area (TPSA) is 125 Å². The van der Waals surface area contributed by atoms with Crippen LogP contribution in [0.1, 0.15) is 19.4 Å². The van der Waals surface area contributed by atoms with E-state index < -0.39 is 27.4 Å². The summed E-state index contributed by atoms with van der Waals surface area (Å²) in [6.45, 7) is 5.35. The second kappa shape index (κ2) is 11.9. The lowest BCUT2D eigenvalue weighted by molar-refractivity contribution is -0.384. The molecule has 10 nitrogen and oxygen atoms in total. The zero-order valence-electron chi connectivity index (χ0n) is 19.9. The van der Waals surface area contributed by atoms with Crippen LogP contribution >= 0.6 is 0 Å². The Balaban J connectivity index is 1.77. The summed E-state index contributed by atoms with van der Waals surface area (Å²) >= 11 is 0. The second-order valence-electron chi connectivity index (χ2n) is 7.66. The van der Waals surface area contributed by atoms with Crippen LogP contribution in [-0.4, -0.2) is 45.1 Å². The van der Waals surface area contributed by atoms with E-state index in [1.54, 1.807) is 18.2 Å². The van der Waals surface area contributed by atoms with Gasteiger partial charge >= 0.3 is 0 Å². The highest BCUT2D eigenvalue weighted by Gasteiger charge is 2.27. The summed E-state index contributed by atoms with van der Waals surface area (Å²) in [6.07, 6.45) is 1.46. The van der Waals surface area contributed by atoms with Crippen molar-refractivity contribution in [1.29, 1.82) is 0 Å². The minimum absolute atomic E-state index is 0.0204. The molecule has 11 heteroatoms. The van der Waals surface area contributed by atoms with Gasteiger partial charge in [-0.2, -0.15) is 5.10 Å². The SMILES string of the molecule is CCN(CC)c1ccc(/C=N\NC(=O)CN(c2ccc([N+](=O)[O-])cc2)S(=O)(=O)c2ccccc2)cc1. The maximum absolute atomic E-state index is 13.3. The van der Waals surface area contributed by atoms with Crippen molar-refractivity contribution in [2.45, 2.75) is 18.7 Å². The maximum Gasteiger partial charge on any atom is 0.269 e. The van der Waals surface area contributed by atoms with Gasteiger partial charge in [-0.05, 0) is 55.8 Å². The highest BCUT2D eigenvalue weighted by Crippen LogP contribution is 2.25. The summed E-state index contributed by atoms with van der Waals surface area (Å²) in [5.41, 5.74) is 4.09. The van der Waals surface area contributed by atoms with Crippen LogP contribution in [0.5, 0.6) is 0 Å². The molecule has 0 heterocycles. The van der Waals surface area contributed by atoms with Crippen molar-refractivity contribution < 1.29 is 18.1 Å². The van der Waals surface area contributed by atoms with Gasteiger partial charge in [0.25, 0.3) is 21.6 Å². The van der Waals surface area contributed by atoms with Gasteiger partial charge in [0.2, 0.25) is 0 Å². The van der Waals surface area contributed by atoms with Gasteiger partial charge in [0.15, 0.2) is 0 Å². The predicted octanol–water partition coefficient (Wildman–Crippen LogP) is 3.79. The first-order chi connectivity index (χ1) is 17.3. The average molecular weight is 510 g/mol. The summed E-state index contributed by atoms with van der Waals surface area (Å²) in [4.78, 5) is 25.2. The molecule has 0 saturated heterocycles. The summed E-state index contributed by atoms with van der Waals surface area (Å²) in [5, 5.41) is 14.9. The van der Waals surface area contributed by atoms with Crippen LogP contribution in [0.4, 0.5) is 17.1 Å². The van der Waals surface area contributed by atoms with Gasteiger partial charge in [-0.1, -0.05) is 30.3 Å². The van der Waals surface area contributed by atoms with Gasteiger partial charge in [0.1, 0.15) is 6.54 Å². The minimum Gasteiger partial charge on any atom is -0.372 e. The molecule has 0 fully saturated rings. The number of hydrogen-bond donors (Lipinski definition) is 1. The third kappa shape index (κ3) is 6.45. The Labute approximate surface area is 210 Å². The number of hydrazone groups is 1. The summed E-state index contributed by atoms with van der Waals surface area (Å²) in [5.74, 6) is -0.677.